The second-order valence-electron chi connectivity index (χ2n) is 4.42. The number of halogens is 1. The van der Waals surface area contributed by atoms with Gasteiger partial charge in [-0.2, -0.15) is 5.06 Å². The predicted octanol–water partition coefficient (Wildman–Crippen LogP) is 1.47. The maximum Gasteiger partial charge on any atom is 0.272 e. The van der Waals surface area contributed by atoms with Crippen LogP contribution in [0.4, 0.5) is 0 Å². The molecule has 0 saturated carbocycles. The van der Waals surface area contributed by atoms with E-state index in [4.69, 9.17) is 16.2 Å². The lowest BCUT2D eigenvalue weighted by atomic mass is 10.0. The number of hydrogen-bond acceptors (Lipinski definition) is 5. The second kappa shape index (κ2) is 8.28. The Bertz CT molecular complexity index is 518. The molecular formula is C12H17ClN2O5S. The Hall–Kier alpha value is -1.22. The number of carbonyl (C=O) groups is 2. The highest BCUT2D eigenvalue weighted by Crippen LogP contribution is 2.26. The van der Waals surface area contributed by atoms with E-state index in [0.29, 0.717) is 17.0 Å². The van der Waals surface area contributed by atoms with Crippen molar-refractivity contribution in [2.45, 2.75) is 32.6 Å². The molecule has 0 aliphatic carbocycles. The highest BCUT2D eigenvalue weighted by molar-refractivity contribution is 7.82. The fraction of sp³-hybridized carbons (Fsp3) is 0.500. The summed E-state index contributed by atoms with van der Waals surface area (Å²) in [6.07, 6.45) is 1.84. The predicted molar refractivity (Wildman–Crippen MR) is 77.5 cm³/mol. The first-order valence-electron chi connectivity index (χ1n) is 6.34. The monoisotopic (exact) mass is 336 g/mol. The number of amides is 2. The lowest BCUT2D eigenvalue weighted by molar-refractivity contribution is -0.178. The first kappa shape index (κ1) is 17.8. The van der Waals surface area contributed by atoms with E-state index in [2.05, 4.69) is 5.32 Å². The molecule has 1 fully saturated rings. The zero-order valence-electron chi connectivity index (χ0n) is 11.5. The van der Waals surface area contributed by atoms with Gasteiger partial charge in [-0.3, -0.25) is 14.8 Å². The normalized spacial score (nSPS) is 22.7. The van der Waals surface area contributed by atoms with E-state index in [1.165, 1.54) is 0 Å². The molecule has 1 aliphatic heterocycles. The zero-order valence-corrected chi connectivity index (χ0v) is 13.0. The van der Waals surface area contributed by atoms with Gasteiger partial charge in [0, 0.05) is 5.03 Å². The largest absolute Gasteiger partial charge is 0.375 e. The molecule has 1 aliphatic rings. The van der Waals surface area contributed by atoms with Crippen LogP contribution in [0, 0.1) is 0 Å². The third kappa shape index (κ3) is 5.24. The van der Waals surface area contributed by atoms with Crippen LogP contribution >= 0.6 is 11.6 Å². The summed E-state index contributed by atoms with van der Waals surface area (Å²) in [5, 5.41) is 13.4. The Morgan fingerprint density at radius 2 is 2.14 bits per heavy atom. The first-order chi connectivity index (χ1) is 9.86. The van der Waals surface area contributed by atoms with E-state index < -0.39 is 22.9 Å². The summed E-state index contributed by atoms with van der Waals surface area (Å²) in [6, 6.07) is 0. The molecule has 1 atom stereocenters. The molecule has 0 radical (unpaired) electrons. The number of allylic oxidation sites excluding steroid dienone is 2. The van der Waals surface area contributed by atoms with Gasteiger partial charge in [0.1, 0.15) is 0 Å². The SMILES string of the molecule is CCCC/C(Cl)=C1/CC(=O)N(O)C(=O)CN/C1=C\S(=O)O. The molecule has 118 valence electrons. The van der Waals surface area contributed by atoms with Gasteiger partial charge < -0.3 is 9.87 Å². The number of imide groups is 1. The van der Waals surface area contributed by atoms with Gasteiger partial charge in [-0.05, 0) is 18.4 Å². The molecule has 1 saturated heterocycles. The molecule has 1 heterocycles. The molecule has 1 rings (SSSR count). The lowest BCUT2D eigenvalue weighted by Crippen LogP contribution is -2.42. The highest BCUT2D eigenvalue weighted by atomic mass is 35.5. The van der Waals surface area contributed by atoms with Gasteiger partial charge in [0.2, 0.25) is 0 Å². The van der Waals surface area contributed by atoms with Gasteiger partial charge in [0.15, 0.2) is 11.1 Å². The van der Waals surface area contributed by atoms with Gasteiger partial charge in [-0.15, -0.1) is 0 Å². The molecule has 9 heteroatoms. The van der Waals surface area contributed by atoms with E-state index in [1.54, 1.807) is 0 Å². The highest BCUT2D eigenvalue weighted by Gasteiger charge is 2.27. The Balaban J connectivity index is 3.19. The van der Waals surface area contributed by atoms with Crippen molar-refractivity contribution in [3.8, 4) is 0 Å². The van der Waals surface area contributed by atoms with E-state index in [-0.39, 0.29) is 23.7 Å². The minimum absolute atomic E-state index is 0.0314. The van der Waals surface area contributed by atoms with Crippen LogP contribution in [0.3, 0.4) is 0 Å². The third-order valence-corrected chi connectivity index (χ3v) is 3.71. The Morgan fingerprint density at radius 3 is 2.71 bits per heavy atom. The third-order valence-electron chi connectivity index (χ3n) is 2.85. The Kier molecular flexibility index (Phi) is 7.03. The van der Waals surface area contributed by atoms with Crippen LogP contribution in [0.25, 0.3) is 0 Å². The molecule has 2 amide bonds. The molecule has 21 heavy (non-hydrogen) atoms. The summed E-state index contributed by atoms with van der Waals surface area (Å²) in [4.78, 5) is 23.2. The van der Waals surface area contributed by atoms with Crippen LogP contribution in [0.1, 0.15) is 32.6 Å². The van der Waals surface area contributed by atoms with Crippen LogP contribution in [0.15, 0.2) is 21.7 Å². The van der Waals surface area contributed by atoms with Crippen LogP contribution < -0.4 is 5.32 Å². The van der Waals surface area contributed by atoms with Gasteiger partial charge in [0.05, 0.1) is 24.1 Å². The fourth-order valence-electron chi connectivity index (χ4n) is 1.75. The minimum atomic E-state index is -2.27. The average Bonchev–Trinajstić information content (AvgIpc) is 2.43. The second-order valence-corrected chi connectivity index (χ2v) is 5.67. The van der Waals surface area contributed by atoms with E-state index in [9.17, 15) is 19.0 Å². The molecule has 1 unspecified atom stereocenters. The Morgan fingerprint density at radius 1 is 1.48 bits per heavy atom. The van der Waals surface area contributed by atoms with Crippen LogP contribution in [-0.4, -0.2) is 37.4 Å². The summed E-state index contributed by atoms with van der Waals surface area (Å²) in [5.41, 5.74) is 0.468. The van der Waals surface area contributed by atoms with Crippen LogP contribution in [0.5, 0.6) is 0 Å². The van der Waals surface area contributed by atoms with Gasteiger partial charge >= 0.3 is 0 Å². The molecular weight excluding hydrogens is 320 g/mol. The van der Waals surface area contributed by atoms with Crippen molar-refractivity contribution < 1.29 is 23.6 Å². The van der Waals surface area contributed by atoms with E-state index in [0.717, 1.165) is 18.2 Å². The molecule has 0 spiro atoms. The Labute approximate surface area is 129 Å². The maximum absolute atomic E-state index is 11.8. The topological polar surface area (TPSA) is 107 Å². The molecule has 3 N–H and O–H groups in total. The van der Waals surface area contributed by atoms with Gasteiger partial charge in [-0.25, -0.2) is 4.21 Å². The van der Waals surface area contributed by atoms with E-state index >= 15 is 0 Å². The number of carbonyl (C=O) groups excluding carboxylic acids is 2. The number of unbranched alkanes of at least 4 members (excludes halogenated alkanes) is 1. The van der Waals surface area contributed by atoms with Gasteiger partial charge in [-0.1, -0.05) is 24.9 Å². The summed E-state index contributed by atoms with van der Waals surface area (Å²) >= 11 is 3.91. The van der Waals surface area contributed by atoms with Crippen molar-refractivity contribution in [2.75, 3.05) is 6.54 Å². The number of hydrogen-bond donors (Lipinski definition) is 3. The standard InChI is InChI=1S/C12H17ClN2O5S/c1-2-3-4-9(13)8-5-11(16)15(18)12(17)6-14-10(8)7-21(19)20/h7,14,18H,2-6H2,1H3,(H,19,20)/b9-8+,10-7-. The molecule has 7 nitrogen and oxygen atoms in total. The van der Waals surface area contributed by atoms with Crippen molar-refractivity contribution in [2.24, 2.45) is 0 Å². The van der Waals surface area contributed by atoms with Crippen LogP contribution in [-0.2, 0) is 20.7 Å². The van der Waals surface area contributed by atoms with Crippen molar-refractivity contribution >= 4 is 34.5 Å². The summed E-state index contributed by atoms with van der Waals surface area (Å²) in [6.45, 7) is 1.59. The van der Waals surface area contributed by atoms with Crippen molar-refractivity contribution in [1.82, 2.24) is 10.4 Å². The maximum atomic E-state index is 11.8. The molecule has 0 aromatic carbocycles. The fourth-order valence-corrected chi connectivity index (χ4v) is 2.48. The summed E-state index contributed by atoms with van der Waals surface area (Å²) in [5.74, 6) is -1.68. The van der Waals surface area contributed by atoms with Crippen LogP contribution in [0.2, 0.25) is 0 Å². The van der Waals surface area contributed by atoms with Gasteiger partial charge in [0.25, 0.3) is 11.8 Å². The number of nitrogens with zero attached hydrogens (tertiary/aromatic N) is 1. The van der Waals surface area contributed by atoms with Crippen molar-refractivity contribution in [3.05, 3.63) is 21.7 Å². The van der Waals surface area contributed by atoms with Crippen molar-refractivity contribution in [1.29, 1.82) is 0 Å². The lowest BCUT2D eigenvalue weighted by Gasteiger charge is -2.22. The summed E-state index contributed by atoms with van der Waals surface area (Å²) < 4.78 is 20.0. The average molecular weight is 337 g/mol. The quantitative estimate of drug-likeness (QED) is 0.408. The number of rotatable bonds is 4. The smallest absolute Gasteiger partial charge is 0.272 e. The number of hydroxylamine groups is 2. The summed E-state index contributed by atoms with van der Waals surface area (Å²) in [7, 11) is 0. The zero-order chi connectivity index (χ0) is 16.0. The minimum Gasteiger partial charge on any atom is -0.375 e. The number of nitrogens with one attached hydrogen (secondary N) is 1. The first-order valence-corrected chi connectivity index (χ1v) is 7.89. The van der Waals surface area contributed by atoms with Crippen molar-refractivity contribution in [3.63, 3.8) is 0 Å². The molecule has 0 aromatic rings. The molecule has 0 aromatic heterocycles. The van der Waals surface area contributed by atoms with E-state index in [1.807, 2.05) is 6.92 Å². The molecule has 0 bridgehead atoms.